The van der Waals surface area contributed by atoms with Crippen molar-refractivity contribution >= 4 is 23.3 Å². The Morgan fingerprint density at radius 1 is 1.11 bits per heavy atom. The molecule has 0 aliphatic heterocycles. The summed E-state index contributed by atoms with van der Waals surface area (Å²) in [6.07, 6.45) is 2.58. The van der Waals surface area contributed by atoms with Gasteiger partial charge in [-0.25, -0.2) is 4.98 Å². The van der Waals surface area contributed by atoms with Crippen LogP contribution in [0.1, 0.15) is 57.7 Å². The molecule has 0 aliphatic rings. The standard InChI is InChI=1S/C26H37N5O4/c1-5-33-24(35-19(2)3)17-10-9-16-23(32)30-22-15-11-14-21(29-22)18-34-31-25(26(27)28-4)20-12-7-6-8-13-20/h6-8,11-15,19,24H,5,9-10,16-18H2,1-4H3,(H2,27,28)(H,29,30,32)/b31-25-. The van der Waals surface area contributed by atoms with Crippen LogP contribution in [0, 0.1) is 0 Å². The molecular weight excluding hydrogens is 446 g/mol. The number of hydrogen-bond acceptors (Lipinski definition) is 7. The van der Waals surface area contributed by atoms with Gasteiger partial charge in [-0.3, -0.25) is 9.79 Å². The van der Waals surface area contributed by atoms with Crippen LogP contribution in [0.25, 0.3) is 0 Å². The van der Waals surface area contributed by atoms with Crippen molar-refractivity contribution in [2.75, 3.05) is 19.0 Å². The number of carbonyl (C=O) groups is 1. The molecule has 2 aromatic rings. The molecule has 1 amide bonds. The Morgan fingerprint density at radius 3 is 2.57 bits per heavy atom. The molecule has 1 unspecified atom stereocenters. The molecule has 1 atom stereocenters. The Kier molecular flexibility index (Phi) is 12.4. The van der Waals surface area contributed by atoms with Crippen molar-refractivity contribution in [3.8, 4) is 0 Å². The summed E-state index contributed by atoms with van der Waals surface area (Å²) in [6, 6.07) is 14.8. The second-order valence-electron chi connectivity index (χ2n) is 8.07. The fraction of sp³-hybridized carbons (Fsp3) is 0.462. The van der Waals surface area contributed by atoms with E-state index < -0.39 is 0 Å². The van der Waals surface area contributed by atoms with Crippen LogP contribution in [-0.2, 0) is 25.7 Å². The van der Waals surface area contributed by atoms with E-state index in [-0.39, 0.29) is 30.7 Å². The Bertz CT molecular complexity index is 963. The number of unbranched alkanes of at least 4 members (excludes halogenated alkanes) is 1. The lowest BCUT2D eigenvalue weighted by atomic mass is 10.1. The molecule has 0 saturated carbocycles. The third-order valence-corrected chi connectivity index (χ3v) is 4.84. The van der Waals surface area contributed by atoms with Crippen molar-refractivity contribution in [1.82, 2.24) is 4.98 Å². The van der Waals surface area contributed by atoms with Crippen LogP contribution in [0.4, 0.5) is 5.82 Å². The maximum absolute atomic E-state index is 12.3. The highest BCUT2D eigenvalue weighted by atomic mass is 16.7. The van der Waals surface area contributed by atoms with Crippen LogP contribution in [0.5, 0.6) is 0 Å². The fourth-order valence-electron chi connectivity index (χ4n) is 3.22. The Balaban J connectivity index is 1.84. The number of oxime groups is 1. The molecule has 35 heavy (non-hydrogen) atoms. The number of ether oxygens (including phenoxy) is 2. The summed E-state index contributed by atoms with van der Waals surface area (Å²) in [5.41, 5.74) is 7.84. The number of benzene rings is 1. The van der Waals surface area contributed by atoms with Crippen LogP contribution < -0.4 is 11.1 Å². The molecule has 0 fully saturated rings. The molecule has 3 N–H and O–H groups in total. The molecule has 0 saturated heterocycles. The Hall–Kier alpha value is -3.30. The summed E-state index contributed by atoms with van der Waals surface area (Å²) < 4.78 is 11.3. The summed E-state index contributed by atoms with van der Waals surface area (Å²) >= 11 is 0. The van der Waals surface area contributed by atoms with Gasteiger partial charge in [0.2, 0.25) is 5.91 Å². The number of aromatic nitrogens is 1. The van der Waals surface area contributed by atoms with E-state index in [1.807, 2.05) is 51.1 Å². The third-order valence-electron chi connectivity index (χ3n) is 4.84. The van der Waals surface area contributed by atoms with E-state index in [0.29, 0.717) is 30.3 Å². The zero-order valence-corrected chi connectivity index (χ0v) is 21.1. The summed E-state index contributed by atoms with van der Waals surface area (Å²) in [4.78, 5) is 26.3. The van der Waals surface area contributed by atoms with Crippen LogP contribution >= 0.6 is 0 Å². The largest absolute Gasteiger partial charge is 0.389 e. The van der Waals surface area contributed by atoms with E-state index in [4.69, 9.17) is 20.0 Å². The predicted molar refractivity (Wildman–Crippen MR) is 138 cm³/mol. The van der Waals surface area contributed by atoms with Gasteiger partial charge >= 0.3 is 0 Å². The first-order valence-electron chi connectivity index (χ1n) is 11.9. The summed E-state index contributed by atoms with van der Waals surface area (Å²) in [6.45, 7) is 6.62. The van der Waals surface area contributed by atoms with Crippen molar-refractivity contribution in [3.05, 3.63) is 59.8 Å². The average molecular weight is 484 g/mol. The van der Waals surface area contributed by atoms with Crippen LogP contribution in [0.2, 0.25) is 0 Å². The van der Waals surface area contributed by atoms with E-state index in [1.54, 1.807) is 25.2 Å². The maximum Gasteiger partial charge on any atom is 0.225 e. The van der Waals surface area contributed by atoms with Crippen molar-refractivity contribution < 1.29 is 19.1 Å². The van der Waals surface area contributed by atoms with Gasteiger partial charge < -0.3 is 25.4 Å². The molecule has 190 valence electrons. The van der Waals surface area contributed by atoms with Gasteiger partial charge in [0.05, 0.1) is 11.8 Å². The van der Waals surface area contributed by atoms with Gasteiger partial charge in [-0.05, 0) is 52.2 Å². The van der Waals surface area contributed by atoms with Gasteiger partial charge in [-0.1, -0.05) is 41.6 Å². The molecule has 1 heterocycles. The molecule has 1 aromatic carbocycles. The number of nitrogens with two attached hydrogens (primary N) is 1. The normalized spacial score (nSPS) is 13.1. The smallest absolute Gasteiger partial charge is 0.225 e. The average Bonchev–Trinajstić information content (AvgIpc) is 2.84. The molecular formula is C26H37N5O4. The van der Waals surface area contributed by atoms with E-state index in [0.717, 1.165) is 24.8 Å². The second kappa shape index (κ2) is 15.6. The summed E-state index contributed by atoms with van der Waals surface area (Å²) in [5, 5.41) is 7.00. The molecule has 9 heteroatoms. The highest BCUT2D eigenvalue weighted by molar-refractivity contribution is 6.46. The first kappa shape index (κ1) is 27.9. The molecule has 0 bridgehead atoms. The summed E-state index contributed by atoms with van der Waals surface area (Å²) in [7, 11) is 1.60. The zero-order valence-electron chi connectivity index (χ0n) is 21.1. The van der Waals surface area contributed by atoms with Crippen molar-refractivity contribution in [2.45, 2.75) is 65.5 Å². The SMILES string of the molecule is CCOC(CCCCC(=O)Nc1cccc(CO/N=C(\C(N)=NC)c2ccccc2)n1)OC(C)C. The number of pyridine rings is 1. The van der Waals surface area contributed by atoms with E-state index in [9.17, 15) is 4.79 Å². The van der Waals surface area contributed by atoms with Crippen molar-refractivity contribution in [2.24, 2.45) is 15.9 Å². The molecule has 0 radical (unpaired) electrons. The quantitative estimate of drug-likeness (QED) is 0.128. The number of amidine groups is 1. The number of carbonyl (C=O) groups excluding carboxylic acids is 1. The van der Waals surface area contributed by atoms with E-state index in [1.165, 1.54) is 0 Å². The van der Waals surface area contributed by atoms with Crippen LogP contribution in [-0.4, -0.2) is 48.5 Å². The number of rotatable bonds is 15. The van der Waals surface area contributed by atoms with Crippen LogP contribution in [0.15, 0.2) is 58.7 Å². The Morgan fingerprint density at radius 2 is 1.89 bits per heavy atom. The van der Waals surface area contributed by atoms with Gasteiger partial charge in [0.1, 0.15) is 11.7 Å². The summed E-state index contributed by atoms with van der Waals surface area (Å²) in [5.74, 6) is 0.645. The third kappa shape index (κ3) is 10.7. The highest BCUT2D eigenvalue weighted by Crippen LogP contribution is 2.12. The van der Waals surface area contributed by atoms with E-state index in [2.05, 4.69) is 20.4 Å². The first-order valence-corrected chi connectivity index (χ1v) is 11.9. The minimum Gasteiger partial charge on any atom is -0.389 e. The highest BCUT2D eigenvalue weighted by Gasteiger charge is 2.12. The molecule has 2 rings (SSSR count). The minimum atomic E-state index is -0.231. The number of aliphatic imine (C=N–C) groups is 1. The minimum absolute atomic E-state index is 0.0929. The first-order chi connectivity index (χ1) is 16.9. The predicted octanol–water partition coefficient (Wildman–Crippen LogP) is 4.28. The lowest BCUT2D eigenvalue weighted by molar-refractivity contribution is -0.163. The monoisotopic (exact) mass is 483 g/mol. The number of amides is 1. The lowest BCUT2D eigenvalue weighted by Crippen LogP contribution is -2.25. The van der Waals surface area contributed by atoms with Gasteiger partial charge in [0.25, 0.3) is 0 Å². The van der Waals surface area contributed by atoms with Crippen molar-refractivity contribution in [3.63, 3.8) is 0 Å². The topological polar surface area (TPSA) is 120 Å². The van der Waals surface area contributed by atoms with Gasteiger partial charge in [-0.2, -0.15) is 0 Å². The van der Waals surface area contributed by atoms with Crippen molar-refractivity contribution in [1.29, 1.82) is 0 Å². The molecule has 0 spiro atoms. The lowest BCUT2D eigenvalue weighted by Gasteiger charge is -2.20. The molecule has 1 aromatic heterocycles. The maximum atomic E-state index is 12.3. The Labute approximate surface area is 207 Å². The zero-order chi connectivity index (χ0) is 25.5. The second-order valence-corrected chi connectivity index (χ2v) is 8.07. The van der Waals surface area contributed by atoms with E-state index >= 15 is 0 Å². The number of hydrogen-bond donors (Lipinski definition) is 2. The fourth-order valence-corrected chi connectivity index (χ4v) is 3.22. The molecule has 0 aliphatic carbocycles. The number of nitrogens with one attached hydrogen (secondary N) is 1. The molecule has 9 nitrogen and oxygen atoms in total. The van der Waals surface area contributed by atoms with Gasteiger partial charge in [0.15, 0.2) is 18.6 Å². The number of anilines is 1. The van der Waals surface area contributed by atoms with Gasteiger partial charge in [-0.15, -0.1) is 0 Å². The van der Waals surface area contributed by atoms with Crippen LogP contribution in [0.3, 0.4) is 0 Å². The number of nitrogens with zero attached hydrogens (tertiary/aromatic N) is 3. The van der Waals surface area contributed by atoms with Gasteiger partial charge in [0, 0.05) is 25.6 Å².